The zero-order valence-corrected chi connectivity index (χ0v) is 19.4. The number of amides is 4. The lowest BCUT2D eigenvalue weighted by molar-refractivity contribution is -0.125. The van der Waals surface area contributed by atoms with Crippen LogP contribution in [0.15, 0.2) is 65.2 Å². The number of fused-ring (bicyclic) bond motifs is 1. The maximum absolute atomic E-state index is 12.7. The first-order chi connectivity index (χ1) is 16.3. The van der Waals surface area contributed by atoms with Crippen molar-refractivity contribution in [1.82, 2.24) is 10.9 Å². The highest BCUT2D eigenvalue weighted by Crippen LogP contribution is 2.37. The number of halogens is 1. The molecule has 2 atom stereocenters. The van der Waals surface area contributed by atoms with Crippen LogP contribution in [0.1, 0.15) is 33.6 Å². The first-order valence-electron chi connectivity index (χ1n) is 10.5. The Kier molecular flexibility index (Phi) is 6.87. The van der Waals surface area contributed by atoms with E-state index in [4.69, 9.17) is 4.74 Å². The van der Waals surface area contributed by atoms with E-state index in [1.54, 1.807) is 24.3 Å². The van der Waals surface area contributed by atoms with Crippen LogP contribution in [0.2, 0.25) is 0 Å². The normalized spacial score (nSPS) is 18.9. The molecular weight excluding hydrogens is 506 g/mol. The molecule has 2 aromatic rings. The summed E-state index contributed by atoms with van der Waals surface area (Å²) in [4.78, 5) is 62.6. The fourth-order valence-corrected chi connectivity index (χ4v) is 4.12. The van der Waals surface area contributed by atoms with Crippen molar-refractivity contribution in [3.8, 4) is 0 Å². The number of hydrogen-bond donors (Lipinski definition) is 2. The Morgan fingerprint density at radius 3 is 2.00 bits per heavy atom. The van der Waals surface area contributed by atoms with Crippen LogP contribution < -0.4 is 15.8 Å². The molecule has 0 unspecified atom stereocenters. The van der Waals surface area contributed by atoms with E-state index in [0.717, 1.165) is 4.47 Å². The van der Waals surface area contributed by atoms with E-state index in [-0.39, 0.29) is 29.2 Å². The molecule has 34 heavy (non-hydrogen) atoms. The molecule has 1 fully saturated rings. The van der Waals surface area contributed by atoms with Gasteiger partial charge in [-0.2, -0.15) is 0 Å². The molecule has 2 aliphatic rings. The largest absolute Gasteiger partial charge is 0.452 e. The predicted octanol–water partition coefficient (Wildman–Crippen LogP) is 2.52. The van der Waals surface area contributed by atoms with Crippen LogP contribution in [0.4, 0.5) is 5.69 Å². The molecule has 1 aliphatic heterocycles. The van der Waals surface area contributed by atoms with E-state index in [0.29, 0.717) is 24.1 Å². The molecule has 0 bridgehead atoms. The maximum Gasteiger partial charge on any atom is 0.338 e. The summed E-state index contributed by atoms with van der Waals surface area (Å²) in [5.74, 6) is -3.18. The molecule has 1 heterocycles. The molecule has 1 saturated heterocycles. The SMILES string of the molecule is O=C(COC(=O)c1ccc(N2C(=O)[C@H]3CC=CC[C@H]3C2=O)cc1)NNC(=O)c1ccc(Br)cc1. The summed E-state index contributed by atoms with van der Waals surface area (Å²) in [6.45, 7) is -0.610. The number of nitrogens with one attached hydrogen (secondary N) is 2. The molecule has 1 aliphatic carbocycles. The van der Waals surface area contributed by atoms with Gasteiger partial charge in [-0.15, -0.1) is 0 Å². The van der Waals surface area contributed by atoms with Gasteiger partial charge in [0.05, 0.1) is 23.1 Å². The third kappa shape index (κ3) is 4.91. The number of anilines is 1. The second-order valence-electron chi connectivity index (χ2n) is 7.80. The van der Waals surface area contributed by atoms with Gasteiger partial charge in [-0.25, -0.2) is 4.79 Å². The molecule has 0 radical (unpaired) electrons. The minimum atomic E-state index is -0.766. The molecule has 0 saturated carbocycles. The molecule has 174 valence electrons. The maximum atomic E-state index is 12.7. The lowest BCUT2D eigenvalue weighted by Gasteiger charge is -2.15. The van der Waals surface area contributed by atoms with Gasteiger partial charge in [-0.3, -0.25) is 34.9 Å². The lowest BCUT2D eigenvalue weighted by Crippen LogP contribution is -2.43. The summed E-state index contributed by atoms with van der Waals surface area (Å²) in [5.41, 5.74) is 5.27. The summed E-state index contributed by atoms with van der Waals surface area (Å²) in [6.07, 6.45) is 4.91. The quantitative estimate of drug-likeness (QED) is 0.267. The summed E-state index contributed by atoms with van der Waals surface area (Å²) in [7, 11) is 0. The van der Waals surface area contributed by atoms with Gasteiger partial charge < -0.3 is 4.74 Å². The molecule has 4 amide bonds. The number of ether oxygens (including phenoxy) is 1. The van der Waals surface area contributed by atoms with Crippen LogP contribution in [0.5, 0.6) is 0 Å². The standard InChI is InChI=1S/C24H20BrN3O6/c25-16-9-5-14(6-10-16)21(30)27-26-20(29)13-34-24(33)15-7-11-17(12-8-15)28-22(31)18-3-1-2-4-19(18)23(28)32/h1-2,5-12,18-19H,3-4,13H2,(H,26,29)(H,27,30)/t18-,19+. The topological polar surface area (TPSA) is 122 Å². The van der Waals surface area contributed by atoms with Crippen molar-refractivity contribution >= 4 is 51.2 Å². The average Bonchev–Trinajstić information content (AvgIpc) is 3.11. The highest BCUT2D eigenvalue weighted by atomic mass is 79.9. The smallest absolute Gasteiger partial charge is 0.338 e. The van der Waals surface area contributed by atoms with E-state index in [9.17, 15) is 24.0 Å². The number of nitrogens with zero attached hydrogens (tertiary/aromatic N) is 1. The number of allylic oxidation sites excluding steroid dienone is 2. The molecule has 0 aromatic heterocycles. The summed E-state index contributed by atoms with van der Waals surface area (Å²) < 4.78 is 5.77. The second-order valence-corrected chi connectivity index (χ2v) is 8.72. The highest BCUT2D eigenvalue weighted by Gasteiger charge is 2.47. The van der Waals surface area contributed by atoms with Crippen molar-refractivity contribution in [2.45, 2.75) is 12.8 Å². The highest BCUT2D eigenvalue weighted by molar-refractivity contribution is 9.10. The van der Waals surface area contributed by atoms with Crippen LogP contribution in [0, 0.1) is 11.8 Å². The van der Waals surface area contributed by atoms with Crippen LogP contribution in [-0.4, -0.2) is 36.2 Å². The van der Waals surface area contributed by atoms with E-state index < -0.39 is 24.4 Å². The van der Waals surface area contributed by atoms with Crippen LogP contribution in [-0.2, 0) is 19.1 Å². The Labute approximate surface area is 203 Å². The third-order valence-corrected chi connectivity index (χ3v) is 6.15. The van der Waals surface area contributed by atoms with Gasteiger partial charge in [-0.1, -0.05) is 28.1 Å². The van der Waals surface area contributed by atoms with Gasteiger partial charge in [0.25, 0.3) is 11.8 Å². The van der Waals surface area contributed by atoms with Crippen molar-refractivity contribution in [3.05, 3.63) is 76.3 Å². The second kappa shape index (κ2) is 10.0. The van der Waals surface area contributed by atoms with Gasteiger partial charge in [0.2, 0.25) is 11.8 Å². The lowest BCUT2D eigenvalue weighted by atomic mass is 9.85. The Balaban J connectivity index is 1.28. The van der Waals surface area contributed by atoms with E-state index in [1.807, 2.05) is 12.2 Å². The van der Waals surface area contributed by atoms with E-state index in [2.05, 4.69) is 26.8 Å². The van der Waals surface area contributed by atoms with Crippen molar-refractivity contribution in [2.75, 3.05) is 11.5 Å². The number of hydrazine groups is 1. The summed E-state index contributed by atoms with van der Waals surface area (Å²) in [6, 6.07) is 12.3. The van der Waals surface area contributed by atoms with Gasteiger partial charge in [-0.05, 0) is 61.4 Å². The fraction of sp³-hybridized carbons (Fsp3) is 0.208. The predicted molar refractivity (Wildman–Crippen MR) is 124 cm³/mol. The first-order valence-corrected chi connectivity index (χ1v) is 11.3. The Bertz CT molecular complexity index is 1150. The number of imide groups is 1. The first kappa shape index (κ1) is 23.4. The number of hydrogen-bond acceptors (Lipinski definition) is 6. The number of rotatable bonds is 5. The zero-order chi connectivity index (χ0) is 24.2. The Morgan fingerprint density at radius 1 is 0.853 bits per heavy atom. The minimum absolute atomic E-state index is 0.147. The third-order valence-electron chi connectivity index (χ3n) is 5.62. The van der Waals surface area contributed by atoms with Crippen LogP contribution >= 0.6 is 15.9 Å². The number of carbonyl (C=O) groups excluding carboxylic acids is 5. The van der Waals surface area contributed by atoms with Crippen LogP contribution in [0.3, 0.4) is 0 Å². The Morgan fingerprint density at radius 2 is 1.41 bits per heavy atom. The minimum Gasteiger partial charge on any atom is -0.452 e. The Hall–Kier alpha value is -3.79. The fourth-order valence-electron chi connectivity index (χ4n) is 3.85. The van der Waals surface area contributed by atoms with Gasteiger partial charge in [0.15, 0.2) is 6.61 Å². The molecular formula is C24H20BrN3O6. The van der Waals surface area contributed by atoms with Crippen molar-refractivity contribution in [2.24, 2.45) is 11.8 Å². The molecule has 9 nitrogen and oxygen atoms in total. The number of benzene rings is 2. The molecule has 2 aromatic carbocycles. The van der Waals surface area contributed by atoms with Crippen molar-refractivity contribution < 1.29 is 28.7 Å². The van der Waals surface area contributed by atoms with Crippen molar-refractivity contribution in [1.29, 1.82) is 0 Å². The van der Waals surface area contributed by atoms with Gasteiger partial charge in [0.1, 0.15) is 0 Å². The molecule has 10 heteroatoms. The van der Waals surface area contributed by atoms with Crippen LogP contribution in [0.25, 0.3) is 0 Å². The monoisotopic (exact) mass is 525 g/mol. The number of carbonyl (C=O) groups is 5. The van der Waals surface area contributed by atoms with Crippen molar-refractivity contribution in [3.63, 3.8) is 0 Å². The van der Waals surface area contributed by atoms with Gasteiger partial charge in [0, 0.05) is 10.0 Å². The summed E-state index contributed by atoms with van der Waals surface area (Å²) >= 11 is 3.26. The average molecular weight is 526 g/mol. The zero-order valence-electron chi connectivity index (χ0n) is 17.8. The van der Waals surface area contributed by atoms with E-state index >= 15 is 0 Å². The molecule has 2 N–H and O–H groups in total. The van der Waals surface area contributed by atoms with E-state index in [1.165, 1.54) is 29.2 Å². The summed E-state index contributed by atoms with van der Waals surface area (Å²) in [5, 5.41) is 0. The van der Waals surface area contributed by atoms with Gasteiger partial charge >= 0.3 is 5.97 Å². The molecule has 4 rings (SSSR count). The molecule has 0 spiro atoms. The number of esters is 1.